The summed E-state index contributed by atoms with van der Waals surface area (Å²) in [7, 11) is 1.84. The van der Waals surface area contributed by atoms with Gasteiger partial charge in [0.1, 0.15) is 5.52 Å². The first-order valence-electron chi connectivity index (χ1n) is 7.51. The molecule has 6 heteroatoms. The number of hydrogen-bond acceptors (Lipinski definition) is 4. The van der Waals surface area contributed by atoms with Crippen LogP contribution < -0.4 is 11.1 Å². The highest BCUT2D eigenvalue weighted by atomic mass is 16.1. The van der Waals surface area contributed by atoms with Crippen molar-refractivity contribution in [2.24, 2.45) is 7.05 Å². The number of amides is 1. The number of nitrogens with two attached hydrogens (primary N) is 1. The molecule has 0 saturated carbocycles. The van der Waals surface area contributed by atoms with Crippen molar-refractivity contribution in [2.75, 3.05) is 11.1 Å². The molecular formula is C18H15N5O. The molecule has 0 unspecified atom stereocenters. The lowest BCUT2D eigenvalue weighted by Gasteiger charge is -2.05. The summed E-state index contributed by atoms with van der Waals surface area (Å²) >= 11 is 0. The van der Waals surface area contributed by atoms with Gasteiger partial charge in [0.15, 0.2) is 0 Å². The van der Waals surface area contributed by atoms with Gasteiger partial charge < -0.3 is 10.3 Å². The Morgan fingerprint density at radius 1 is 1.12 bits per heavy atom. The van der Waals surface area contributed by atoms with Gasteiger partial charge in [-0.2, -0.15) is 0 Å². The number of nitrogens with one attached hydrogen (secondary N) is 1. The van der Waals surface area contributed by atoms with Crippen LogP contribution in [-0.4, -0.2) is 20.4 Å². The molecule has 0 saturated heterocycles. The van der Waals surface area contributed by atoms with Gasteiger partial charge in [0, 0.05) is 24.2 Å². The number of pyridine rings is 1. The van der Waals surface area contributed by atoms with Gasteiger partial charge in [-0.05, 0) is 30.3 Å². The van der Waals surface area contributed by atoms with E-state index in [1.165, 1.54) is 0 Å². The van der Waals surface area contributed by atoms with Gasteiger partial charge in [0.25, 0.3) is 5.91 Å². The molecule has 0 aliphatic carbocycles. The SMILES string of the molecule is Cn1c(NC(=O)c2ccccc2)nc2c3cccnc3c(N)cc21. The van der Waals surface area contributed by atoms with Crippen molar-refractivity contribution in [3.8, 4) is 0 Å². The highest BCUT2D eigenvalue weighted by molar-refractivity contribution is 6.10. The smallest absolute Gasteiger partial charge is 0.257 e. The second-order valence-corrected chi connectivity index (χ2v) is 5.55. The van der Waals surface area contributed by atoms with Crippen LogP contribution in [-0.2, 0) is 7.05 Å². The monoisotopic (exact) mass is 317 g/mol. The van der Waals surface area contributed by atoms with E-state index in [0.29, 0.717) is 22.7 Å². The van der Waals surface area contributed by atoms with Crippen molar-refractivity contribution in [2.45, 2.75) is 0 Å². The first kappa shape index (κ1) is 14.2. The third kappa shape index (κ3) is 2.16. The Labute approximate surface area is 137 Å². The third-order valence-electron chi connectivity index (χ3n) is 4.03. The Hall–Kier alpha value is -3.41. The molecule has 2 aromatic carbocycles. The fourth-order valence-corrected chi connectivity index (χ4v) is 2.79. The number of aryl methyl sites for hydroxylation is 1. The van der Waals surface area contributed by atoms with Gasteiger partial charge in [-0.1, -0.05) is 18.2 Å². The molecule has 3 N–H and O–H groups in total. The predicted octanol–water partition coefficient (Wildman–Crippen LogP) is 2.96. The maximum absolute atomic E-state index is 12.4. The van der Waals surface area contributed by atoms with E-state index < -0.39 is 0 Å². The molecular weight excluding hydrogens is 302 g/mol. The van der Waals surface area contributed by atoms with E-state index >= 15 is 0 Å². The number of nitrogens with zero attached hydrogens (tertiary/aromatic N) is 3. The minimum atomic E-state index is -0.204. The zero-order valence-corrected chi connectivity index (χ0v) is 13.0. The van der Waals surface area contributed by atoms with Crippen LogP contribution in [0.15, 0.2) is 54.7 Å². The summed E-state index contributed by atoms with van der Waals surface area (Å²) in [6.45, 7) is 0. The number of carbonyl (C=O) groups is 1. The van der Waals surface area contributed by atoms with E-state index in [9.17, 15) is 4.79 Å². The van der Waals surface area contributed by atoms with Gasteiger partial charge in [0.2, 0.25) is 5.95 Å². The van der Waals surface area contributed by atoms with Crippen LogP contribution in [0.2, 0.25) is 0 Å². The molecule has 118 valence electrons. The Morgan fingerprint density at radius 3 is 2.71 bits per heavy atom. The topological polar surface area (TPSA) is 85.8 Å². The van der Waals surface area contributed by atoms with Gasteiger partial charge in [-0.3, -0.25) is 15.1 Å². The molecule has 0 bridgehead atoms. The van der Waals surface area contributed by atoms with Crippen molar-refractivity contribution in [3.63, 3.8) is 0 Å². The number of aromatic nitrogens is 3. The molecule has 0 radical (unpaired) electrons. The Kier molecular flexibility index (Phi) is 3.16. The molecule has 0 atom stereocenters. The molecule has 2 aromatic heterocycles. The molecule has 6 nitrogen and oxygen atoms in total. The largest absolute Gasteiger partial charge is 0.397 e. The summed E-state index contributed by atoms with van der Waals surface area (Å²) < 4.78 is 1.82. The molecule has 0 spiro atoms. The third-order valence-corrected chi connectivity index (χ3v) is 4.03. The molecule has 0 fully saturated rings. The predicted molar refractivity (Wildman–Crippen MR) is 94.8 cm³/mol. The number of nitrogen functional groups attached to an aromatic ring is 1. The first-order valence-corrected chi connectivity index (χ1v) is 7.51. The molecule has 0 aliphatic rings. The van der Waals surface area contributed by atoms with Crippen molar-refractivity contribution >= 4 is 39.5 Å². The zero-order chi connectivity index (χ0) is 16.7. The summed E-state index contributed by atoms with van der Waals surface area (Å²) in [5, 5.41) is 3.72. The zero-order valence-electron chi connectivity index (χ0n) is 13.0. The number of anilines is 2. The van der Waals surface area contributed by atoms with E-state index in [1.54, 1.807) is 18.3 Å². The van der Waals surface area contributed by atoms with Crippen LogP contribution in [0.3, 0.4) is 0 Å². The summed E-state index contributed by atoms with van der Waals surface area (Å²) in [6, 6.07) is 14.6. The van der Waals surface area contributed by atoms with Gasteiger partial charge in [-0.25, -0.2) is 4.98 Å². The van der Waals surface area contributed by atoms with Gasteiger partial charge in [0.05, 0.1) is 16.7 Å². The minimum absolute atomic E-state index is 0.204. The van der Waals surface area contributed by atoms with Crippen LogP contribution in [0.25, 0.3) is 21.9 Å². The summed E-state index contributed by atoms with van der Waals surface area (Å²) in [5.74, 6) is 0.263. The lowest BCUT2D eigenvalue weighted by Crippen LogP contribution is -2.14. The molecule has 4 rings (SSSR count). The van der Waals surface area contributed by atoms with Gasteiger partial charge >= 0.3 is 0 Å². The van der Waals surface area contributed by atoms with Crippen LogP contribution in [0.4, 0.5) is 11.6 Å². The quantitative estimate of drug-likeness (QED) is 0.557. The molecule has 2 heterocycles. The van der Waals surface area contributed by atoms with E-state index in [0.717, 1.165) is 16.4 Å². The first-order chi connectivity index (χ1) is 11.6. The van der Waals surface area contributed by atoms with Crippen LogP contribution in [0.5, 0.6) is 0 Å². The maximum Gasteiger partial charge on any atom is 0.257 e. The number of rotatable bonds is 2. The van der Waals surface area contributed by atoms with E-state index in [1.807, 2.05) is 48.0 Å². The standard InChI is InChI=1S/C18H15N5O/c1-23-14-10-13(19)15-12(8-5-9-20-15)16(14)21-18(23)22-17(24)11-6-3-2-4-7-11/h2-10H,19H2,1H3,(H,21,22,24). The fraction of sp³-hybridized carbons (Fsp3) is 0.0556. The Morgan fingerprint density at radius 2 is 1.92 bits per heavy atom. The minimum Gasteiger partial charge on any atom is -0.397 e. The Bertz CT molecular complexity index is 1070. The number of benzene rings is 2. The van der Waals surface area contributed by atoms with Crippen molar-refractivity contribution in [1.82, 2.24) is 14.5 Å². The van der Waals surface area contributed by atoms with E-state index in [4.69, 9.17) is 5.73 Å². The van der Waals surface area contributed by atoms with E-state index in [2.05, 4.69) is 15.3 Å². The highest BCUT2D eigenvalue weighted by Crippen LogP contribution is 2.30. The summed E-state index contributed by atoms with van der Waals surface area (Å²) in [4.78, 5) is 21.3. The highest BCUT2D eigenvalue weighted by Gasteiger charge is 2.15. The number of hydrogen-bond donors (Lipinski definition) is 2. The average Bonchev–Trinajstić information content (AvgIpc) is 2.92. The number of imidazole rings is 1. The van der Waals surface area contributed by atoms with Crippen LogP contribution in [0.1, 0.15) is 10.4 Å². The Balaban J connectivity index is 1.84. The molecule has 1 amide bonds. The van der Waals surface area contributed by atoms with Crippen LogP contribution >= 0.6 is 0 Å². The van der Waals surface area contributed by atoms with E-state index in [-0.39, 0.29) is 5.91 Å². The molecule has 24 heavy (non-hydrogen) atoms. The maximum atomic E-state index is 12.4. The lowest BCUT2D eigenvalue weighted by atomic mass is 10.1. The van der Waals surface area contributed by atoms with Crippen LogP contribution in [0, 0.1) is 0 Å². The van der Waals surface area contributed by atoms with Crippen molar-refractivity contribution in [1.29, 1.82) is 0 Å². The molecule has 0 aliphatic heterocycles. The normalized spacial score (nSPS) is 11.0. The number of carbonyl (C=O) groups excluding carboxylic acids is 1. The lowest BCUT2D eigenvalue weighted by molar-refractivity contribution is 0.102. The fourth-order valence-electron chi connectivity index (χ4n) is 2.79. The second kappa shape index (κ2) is 5.34. The van der Waals surface area contributed by atoms with Gasteiger partial charge in [-0.15, -0.1) is 0 Å². The number of fused-ring (bicyclic) bond motifs is 3. The average molecular weight is 317 g/mol. The summed E-state index contributed by atoms with van der Waals surface area (Å²) in [5.41, 5.74) is 9.58. The van der Waals surface area contributed by atoms with Crippen molar-refractivity contribution < 1.29 is 4.79 Å². The molecule has 4 aromatic rings. The second-order valence-electron chi connectivity index (χ2n) is 5.55. The summed E-state index contributed by atoms with van der Waals surface area (Å²) in [6.07, 6.45) is 1.70. The van der Waals surface area contributed by atoms with Crippen molar-refractivity contribution in [3.05, 3.63) is 60.3 Å².